The van der Waals surface area contributed by atoms with Gasteiger partial charge in [0, 0.05) is 12.6 Å². The molecule has 2 atom stereocenters. The van der Waals surface area contributed by atoms with Gasteiger partial charge in [0.2, 0.25) is 0 Å². The smallest absolute Gasteiger partial charge is 0.0208 e. The molecule has 1 aromatic rings. The van der Waals surface area contributed by atoms with E-state index in [-0.39, 0.29) is 0 Å². The number of hydrogen-bond donors (Lipinski definition) is 1. The quantitative estimate of drug-likeness (QED) is 0.775. The summed E-state index contributed by atoms with van der Waals surface area (Å²) in [5.74, 6) is 0.745. The highest BCUT2D eigenvalue weighted by atomic mass is 14.9. The zero-order chi connectivity index (χ0) is 11.3. The van der Waals surface area contributed by atoms with Crippen molar-refractivity contribution in [1.29, 1.82) is 0 Å². The summed E-state index contributed by atoms with van der Waals surface area (Å²) in [5.41, 5.74) is 2.72. The molecule has 0 bridgehead atoms. The molecule has 0 saturated heterocycles. The summed E-state index contributed by atoms with van der Waals surface area (Å²) < 4.78 is 0. The first-order valence-corrected chi connectivity index (χ1v) is 5.92. The Balaban J connectivity index is 2.43. The van der Waals surface area contributed by atoms with Gasteiger partial charge < -0.3 is 5.32 Å². The van der Waals surface area contributed by atoms with Crippen molar-refractivity contribution in [3.05, 3.63) is 35.4 Å². The van der Waals surface area contributed by atoms with Crippen LogP contribution in [0.4, 0.5) is 0 Å². The molecule has 0 aliphatic heterocycles. The number of rotatable bonds is 5. The van der Waals surface area contributed by atoms with Crippen LogP contribution in [0.5, 0.6) is 0 Å². The molecule has 0 saturated carbocycles. The van der Waals surface area contributed by atoms with Gasteiger partial charge in [-0.15, -0.1) is 0 Å². The highest BCUT2D eigenvalue weighted by molar-refractivity contribution is 5.21. The number of benzene rings is 1. The fourth-order valence-electron chi connectivity index (χ4n) is 1.66. The average molecular weight is 205 g/mol. The molecule has 1 aromatic carbocycles. The molecule has 0 fully saturated rings. The van der Waals surface area contributed by atoms with Crippen molar-refractivity contribution in [3.8, 4) is 0 Å². The summed E-state index contributed by atoms with van der Waals surface area (Å²) >= 11 is 0. The summed E-state index contributed by atoms with van der Waals surface area (Å²) in [7, 11) is 0. The van der Waals surface area contributed by atoms with Crippen molar-refractivity contribution < 1.29 is 0 Å². The van der Waals surface area contributed by atoms with Gasteiger partial charge in [-0.05, 0) is 25.3 Å². The van der Waals surface area contributed by atoms with Crippen LogP contribution in [0, 0.1) is 12.8 Å². The second-order valence-corrected chi connectivity index (χ2v) is 4.54. The van der Waals surface area contributed by atoms with E-state index >= 15 is 0 Å². The van der Waals surface area contributed by atoms with E-state index in [2.05, 4.69) is 57.3 Å². The van der Waals surface area contributed by atoms with Crippen molar-refractivity contribution in [3.63, 3.8) is 0 Å². The Bertz CT molecular complexity index is 293. The zero-order valence-electron chi connectivity index (χ0n) is 10.4. The van der Waals surface area contributed by atoms with Crippen LogP contribution in [0.2, 0.25) is 0 Å². The molecular weight excluding hydrogens is 182 g/mol. The number of hydrogen-bond acceptors (Lipinski definition) is 1. The van der Waals surface area contributed by atoms with E-state index in [1.807, 2.05) is 0 Å². The lowest BCUT2D eigenvalue weighted by molar-refractivity contribution is 0.389. The van der Waals surface area contributed by atoms with Crippen LogP contribution in [0.15, 0.2) is 24.3 Å². The first-order chi connectivity index (χ1) is 7.13. The first kappa shape index (κ1) is 12.3. The Morgan fingerprint density at radius 3 is 2.60 bits per heavy atom. The zero-order valence-corrected chi connectivity index (χ0v) is 10.4. The van der Waals surface area contributed by atoms with Crippen molar-refractivity contribution in [1.82, 2.24) is 5.32 Å². The van der Waals surface area contributed by atoms with Gasteiger partial charge in [0.1, 0.15) is 0 Å². The highest BCUT2D eigenvalue weighted by Gasteiger charge is 2.08. The minimum absolute atomic E-state index is 0.593. The molecule has 1 heteroatoms. The molecule has 0 heterocycles. The third-order valence-corrected chi connectivity index (χ3v) is 3.21. The van der Waals surface area contributed by atoms with Crippen LogP contribution in [0.1, 0.15) is 38.3 Å². The molecule has 0 aromatic heterocycles. The SMILES string of the molecule is CC[C@H](C)[C@@H](C)NCc1cccc(C)c1. The van der Waals surface area contributed by atoms with Gasteiger partial charge in [0.15, 0.2) is 0 Å². The topological polar surface area (TPSA) is 12.0 Å². The molecule has 1 nitrogen and oxygen atoms in total. The third kappa shape index (κ3) is 4.05. The molecule has 0 aliphatic rings. The minimum atomic E-state index is 0.593. The van der Waals surface area contributed by atoms with Gasteiger partial charge in [-0.25, -0.2) is 0 Å². The number of nitrogens with one attached hydrogen (secondary N) is 1. The standard InChI is InChI=1S/C14H23N/c1-5-12(3)13(4)15-10-14-8-6-7-11(2)9-14/h6-9,12-13,15H,5,10H2,1-4H3/t12-,13+/m0/s1. The molecule has 0 aliphatic carbocycles. The van der Waals surface area contributed by atoms with Crippen LogP contribution < -0.4 is 5.32 Å². The Labute approximate surface area is 93.9 Å². The van der Waals surface area contributed by atoms with Crippen LogP contribution in [0.25, 0.3) is 0 Å². The lowest BCUT2D eigenvalue weighted by atomic mass is 10.0. The Morgan fingerprint density at radius 1 is 1.27 bits per heavy atom. The molecule has 0 spiro atoms. The van der Waals surface area contributed by atoms with E-state index in [1.54, 1.807) is 0 Å². The van der Waals surface area contributed by atoms with Gasteiger partial charge in [0.05, 0.1) is 0 Å². The van der Waals surface area contributed by atoms with E-state index in [4.69, 9.17) is 0 Å². The predicted molar refractivity (Wildman–Crippen MR) is 66.9 cm³/mol. The lowest BCUT2D eigenvalue weighted by Crippen LogP contribution is -2.31. The summed E-state index contributed by atoms with van der Waals surface area (Å²) in [5, 5.41) is 3.58. The van der Waals surface area contributed by atoms with Crippen molar-refractivity contribution >= 4 is 0 Å². The van der Waals surface area contributed by atoms with Gasteiger partial charge in [0.25, 0.3) is 0 Å². The summed E-state index contributed by atoms with van der Waals surface area (Å²) in [6, 6.07) is 9.29. The summed E-state index contributed by atoms with van der Waals surface area (Å²) in [6.45, 7) is 9.93. The lowest BCUT2D eigenvalue weighted by Gasteiger charge is -2.20. The largest absolute Gasteiger partial charge is 0.310 e. The van der Waals surface area contributed by atoms with Crippen LogP contribution in [0.3, 0.4) is 0 Å². The van der Waals surface area contributed by atoms with E-state index in [0.717, 1.165) is 12.5 Å². The molecule has 15 heavy (non-hydrogen) atoms. The van der Waals surface area contributed by atoms with Crippen LogP contribution >= 0.6 is 0 Å². The van der Waals surface area contributed by atoms with Crippen LogP contribution in [-0.4, -0.2) is 6.04 Å². The van der Waals surface area contributed by atoms with Crippen LogP contribution in [-0.2, 0) is 6.54 Å². The summed E-state index contributed by atoms with van der Waals surface area (Å²) in [4.78, 5) is 0. The molecule has 1 rings (SSSR count). The fraction of sp³-hybridized carbons (Fsp3) is 0.571. The van der Waals surface area contributed by atoms with E-state index in [9.17, 15) is 0 Å². The third-order valence-electron chi connectivity index (χ3n) is 3.21. The Morgan fingerprint density at radius 2 is 2.00 bits per heavy atom. The first-order valence-electron chi connectivity index (χ1n) is 5.92. The molecule has 0 radical (unpaired) electrons. The predicted octanol–water partition coefficient (Wildman–Crippen LogP) is 3.52. The van der Waals surface area contributed by atoms with E-state index in [1.165, 1.54) is 17.5 Å². The monoisotopic (exact) mass is 205 g/mol. The maximum absolute atomic E-state index is 3.58. The van der Waals surface area contributed by atoms with E-state index in [0.29, 0.717) is 6.04 Å². The number of aryl methyl sites for hydroxylation is 1. The second-order valence-electron chi connectivity index (χ2n) is 4.54. The van der Waals surface area contributed by atoms with Crippen molar-refractivity contribution in [2.45, 2.75) is 46.7 Å². The van der Waals surface area contributed by atoms with E-state index < -0.39 is 0 Å². The van der Waals surface area contributed by atoms with Gasteiger partial charge in [-0.3, -0.25) is 0 Å². The second kappa shape index (κ2) is 5.92. The maximum Gasteiger partial charge on any atom is 0.0208 e. The van der Waals surface area contributed by atoms with Crippen molar-refractivity contribution in [2.75, 3.05) is 0 Å². The highest BCUT2D eigenvalue weighted by Crippen LogP contribution is 2.09. The fourth-order valence-corrected chi connectivity index (χ4v) is 1.66. The maximum atomic E-state index is 3.58. The normalized spacial score (nSPS) is 14.9. The molecule has 0 amide bonds. The molecular formula is C14H23N. The summed E-state index contributed by atoms with van der Waals surface area (Å²) in [6.07, 6.45) is 1.24. The van der Waals surface area contributed by atoms with Gasteiger partial charge in [-0.1, -0.05) is 50.1 Å². The van der Waals surface area contributed by atoms with Gasteiger partial charge in [-0.2, -0.15) is 0 Å². The minimum Gasteiger partial charge on any atom is -0.310 e. The average Bonchev–Trinajstić information content (AvgIpc) is 2.25. The van der Waals surface area contributed by atoms with Crippen molar-refractivity contribution in [2.24, 2.45) is 5.92 Å². The molecule has 1 N–H and O–H groups in total. The molecule has 84 valence electrons. The Kier molecular flexibility index (Phi) is 4.83. The Hall–Kier alpha value is -0.820. The molecule has 0 unspecified atom stereocenters. The van der Waals surface area contributed by atoms with Gasteiger partial charge >= 0.3 is 0 Å².